The van der Waals surface area contributed by atoms with Crippen LogP contribution in [0, 0.1) is 0 Å². The summed E-state index contributed by atoms with van der Waals surface area (Å²) in [5.41, 5.74) is 8.20. The van der Waals surface area contributed by atoms with Gasteiger partial charge in [0, 0.05) is 51.8 Å². The highest BCUT2D eigenvalue weighted by molar-refractivity contribution is 7.86. The van der Waals surface area contributed by atoms with Gasteiger partial charge >= 0.3 is 0 Å². The van der Waals surface area contributed by atoms with Crippen LogP contribution in [0.15, 0.2) is 131 Å². The molecule has 2 aliphatic heterocycles. The van der Waals surface area contributed by atoms with E-state index in [0.29, 0.717) is 0 Å². The zero-order valence-electron chi connectivity index (χ0n) is 30.3. The molecule has 0 N–H and O–H groups in total. The Bertz CT molecular complexity index is 2460. The van der Waals surface area contributed by atoms with E-state index in [2.05, 4.69) is 130 Å². The molecule has 2 aliphatic rings. The van der Waals surface area contributed by atoms with Gasteiger partial charge in [0.15, 0.2) is 5.71 Å². The van der Waals surface area contributed by atoms with Crippen LogP contribution in [0.2, 0.25) is 0 Å². The van der Waals surface area contributed by atoms with Crippen molar-refractivity contribution in [3.63, 3.8) is 0 Å². The molecule has 0 amide bonds. The van der Waals surface area contributed by atoms with Crippen molar-refractivity contribution in [1.29, 1.82) is 0 Å². The van der Waals surface area contributed by atoms with E-state index in [1.807, 2.05) is 0 Å². The number of unbranched alkanes of at least 4 members (excludes halogenated alkanes) is 1. The summed E-state index contributed by atoms with van der Waals surface area (Å²) in [4.78, 5) is 1.47. The minimum Gasteiger partial charge on any atom is -0.744 e. The zero-order chi connectivity index (χ0) is 37.6. The SMILES string of the molecule is CCCCN1C(=CC=CC2=[N+](C)c3ccccc3C2(C)C)C(C)(C)c2c1ccc1ccccc21.O=S(=O)([O-])c1cccc2c(S(=O)(=O)[O-])cccc12. The predicted molar refractivity (Wildman–Crippen MR) is 207 cm³/mol. The van der Waals surface area contributed by atoms with Crippen LogP contribution >= 0.6 is 0 Å². The third kappa shape index (κ3) is 6.60. The molecular formula is C42H43N2O6S2-. The van der Waals surface area contributed by atoms with Gasteiger partial charge in [-0.2, -0.15) is 4.58 Å². The van der Waals surface area contributed by atoms with Crippen molar-refractivity contribution in [2.45, 2.75) is 68.1 Å². The van der Waals surface area contributed by atoms with E-state index in [0.717, 1.165) is 18.7 Å². The van der Waals surface area contributed by atoms with Crippen molar-refractivity contribution in [3.05, 3.63) is 132 Å². The van der Waals surface area contributed by atoms with Gasteiger partial charge < -0.3 is 14.0 Å². The highest BCUT2D eigenvalue weighted by atomic mass is 32.2. The minimum absolute atomic E-state index is 0.00733. The normalized spacial score (nSPS) is 17.2. The van der Waals surface area contributed by atoms with Crippen molar-refractivity contribution < 1.29 is 30.5 Å². The fraction of sp³-hybridized carbons (Fsp3) is 0.262. The Labute approximate surface area is 306 Å². The monoisotopic (exact) mass is 735 g/mol. The first-order valence-electron chi connectivity index (χ1n) is 17.3. The van der Waals surface area contributed by atoms with Crippen molar-refractivity contribution in [2.75, 3.05) is 18.5 Å². The summed E-state index contributed by atoms with van der Waals surface area (Å²) >= 11 is 0. The van der Waals surface area contributed by atoms with E-state index < -0.39 is 30.0 Å². The second kappa shape index (κ2) is 13.7. The highest BCUT2D eigenvalue weighted by Gasteiger charge is 2.43. The molecule has 7 rings (SSSR count). The molecule has 10 heteroatoms. The molecule has 0 unspecified atom stereocenters. The molecular weight excluding hydrogens is 693 g/mol. The molecule has 270 valence electrons. The fourth-order valence-corrected chi connectivity index (χ4v) is 9.20. The van der Waals surface area contributed by atoms with Crippen LogP contribution in [-0.2, 0) is 31.1 Å². The lowest BCUT2D eigenvalue weighted by molar-refractivity contribution is -0.401. The standard InChI is InChI=1S/C32H37N2.C10H8O6S2/c1-7-8-22-34-27-21-20-23-14-9-10-15-24(23)30(27)32(4,5)29(34)19-13-18-28-31(2,3)25-16-11-12-17-26(25)33(28)6;11-17(12,13)9-5-1-3-7-8(9)4-2-6-10(7)18(14,15)16/h9-21H,7-8,22H2,1-6H3;1-6H,(H,11,12,13)(H,14,15,16)/q+1;/p-2. The number of benzene rings is 5. The Balaban J connectivity index is 0.000000217. The molecule has 52 heavy (non-hydrogen) atoms. The Kier molecular flexibility index (Phi) is 9.82. The quantitative estimate of drug-likeness (QED) is 0.121. The van der Waals surface area contributed by atoms with Crippen LogP contribution in [0.1, 0.15) is 58.6 Å². The number of allylic oxidation sites excluding steroid dienone is 4. The highest BCUT2D eigenvalue weighted by Crippen LogP contribution is 2.51. The van der Waals surface area contributed by atoms with Crippen LogP contribution in [0.5, 0.6) is 0 Å². The molecule has 0 saturated heterocycles. The van der Waals surface area contributed by atoms with Gasteiger partial charge in [-0.3, -0.25) is 0 Å². The first kappa shape index (κ1) is 37.2. The average molecular weight is 736 g/mol. The van der Waals surface area contributed by atoms with Crippen molar-refractivity contribution in [3.8, 4) is 0 Å². The fourth-order valence-electron chi connectivity index (χ4n) is 7.81. The molecule has 0 saturated carbocycles. The maximum absolute atomic E-state index is 11.0. The lowest BCUT2D eigenvalue weighted by Gasteiger charge is -2.27. The van der Waals surface area contributed by atoms with Crippen molar-refractivity contribution in [1.82, 2.24) is 0 Å². The van der Waals surface area contributed by atoms with E-state index in [1.54, 1.807) is 0 Å². The molecule has 2 heterocycles. The molecule has 0 radical (unpaired) electrons. The van der Waals surface area contributed by atoms with E-state index in [-0.39, 0.29) is 21.6 Å². The molecule has 8 nitrogen and oxygen atoms in total. The summed E-state index contributed by atoms with van der Waals surface area (Å²) in [7, 11) is -7.29. The third-order valence-electron chi connectivity index (χ3n) is 10.3. The molecule has 0 spiro atoms. The topological polar surface area (TPSA) is 121 Å². The van der Waals surface area contributed by atoms with E-state index in [1.165, 1.54) is 81.8 Å². The summed E-state index contributed by atoms with van der Waals surface area (Å²) in [6, 6.07) is 29.3. The summed E-state index contributed by atoms with van der Waals surface area (Å²) in [5.74, 6) is 0. The second-order valence-electron chi connectivity index (χ2n) is 14.3. The molecule has 0 aromatic heterocycles. The van der Waals surface area contributed by atoms with Crippen LogP contribution < -0.4 is 4.90 Å². The molecule has 0 atom stereocenters. The summed E-state index contributed by atoms with van der Waals surface area (Å²) in [6.45, 7) is 12.8. The van der Waals surface area contributed by atoms with Gasteiger partial charge in [-0.1, -0.05) is 106 Å². The van der Waals surface area contributed by atoms with Crippen LogP contribution in [0.4, 0.5) is 11.4 Å². The second-order valence-corrected chi connectivity index (χ2v) is 17.0. The minimum atomic E-state index is -4.74. The first-order chi connectivity index (χ1) is 24.5. The van der Waals surface area contributed by atoms with E-state index >= 15 is 0 Å². The first-order valence-corrected chi connectivity index (χ1v) is 20.1. The molecule has 0 aliphatic carbocycles. The van der Waals surface area contributed by atoms with Crippen LogP contribution in [-0.4, -0.2) is 49.8 Å². The number of para-hydroxylation sites is 1. The number of fused-ring (bicyclic) bond motifs is 5. The van der Waals surface area contributed by atoms with Gasteiger partial charge in [0.1, 0.15) is 27.3 Å². The number of nitrogens with zero attached hydrogens (tertiary/aromatic N) is 2. The predicted octanol–water partition coefficient (Wildman–Crippen LogP) is 8.53. The maximum Gasteiger partial charge on any atom is 0.209 e. The van der Waals surface area contributed by atoms with Gasteiger partial charge in [-0.05, 0) is 60.9 Å². The Hall–Kier alpha value is -4.61. The zero-order valence-corrected chi connectivity index (χ0v) is 31.9. The van der Waals surface area contributed by atoms with Crippen molar-refractivity contribution in [2.24, 2.45) is 0 Å². The number of hydrogen-bond acceptors (Lipinski definition) is 7. The van der Waals surface area contributed by atoms with E-state index in [4.69, 9.17) is 0 Å². The lowest BCUT2D eigenvalue weighted by Crippen LogP contribution is -2.27. The third-order valence-corrected chi connectivity index (χ3v) is 12.1. The van der Waals surface area contributed by atoms with Gasteiger partial charge in [0.2, 0.25) is 5.69 Å². The summed E-state index contributed by atoms with van der Waals surface area (Å²) in [5, 5.41) is 2.54. The molecule has 0 bridgehead atoms. The lowest BCUT2D eigenvalue weighted by atomic mass is 9.80. The smallest absolute Gasteiger partial charge is 0.209 e. The van der Waals surface area contributed by atoms with Gasteiger partial charge in [-0.15, -0.1) is 0 Å². The number of rotatable bonds is 7. The number of hydrogen-bond donors (Lipinski definition) is 0. The Morgan fingerprint density at radius 1 is 0.712 bits per heavy atom. The summed E-state index contributed by atoms with van der Waals surface area (Å²) in [6.07, 6.45) is 9.35. The number of anilines is 1. The molecule has 5 aromatic rings. The largest absolute Gasteiger partial charge is 0.744 e. The van der Waals surface area contributed by atoms with Crippen molar-refractivity contribution >= 4 is 58.9 Å². The van der Waals surface area contributed by atoms with Gasteiger partial charge in [0.05, 0.1) is 15.2 Å². The molecule has 0 fully saturated rings. The van der Waals surface area contributed by atoms with E-state index in [9.17, 15) is 25.9 Å². The Morgan fingerprint density at radius 2 is 1.29 bits per heavy atom. The van der Waals surface area contributed by atoms with Crippen LogP contribution in [0.3, 0.4) is 0 Å². The van der Waals surface area contributed by atoms with Gasteiger partial charge in [0.25, 0.3) is 0 Å². The van der Waals surface area contributed by atoms with Crippen LogP contribution in [0.25, 0.3) is 21.5 Å². The molecule has 5 aromatic carbocycles. The maximum atomic E-state index is 11.0. The average Bonchev–Trinajstić information content (AvgIpc) is 3.44. The summed E-state index contributed by atoms with van der Waals surface area (Å²) < 4.78 is 68.5. The Morgan fingerprint density at radius 3 is 1.88 bits per heavy atom. The van der Waals surface area contributed by atoms with Gasteiger partial charge in [-0.25, -0.2) is 16.8 Å².